The minimum absolute atomic E-state index is 0.0805. The lowest BCUT2D eigenvalue weighted by molar-refractivity contribution is 0.387. The number of hydrogen-bond acceptors (Lipinski definition) is 5. The van der Waals surface area contributed by atoms with Crippen LogP contribution in [-0.2, 0) is 6.42 Å². The summed E-state index contributed by atoms with van der Waals surface area (Å²) in [5, 5.41) is 20.0. The molecule has 0 spiro atoms. The Morgan fingerprint density at radius 2 is 2.00 bits per heavy atom. The van der Waals surface area contributed by atoms with Gasteiger partial charge < -0.3 is 15.6 Å². The van der Waals surface area contributed by atoms with Crippen LogP contribution in [0.5, 0.6) is 11.5 Å². The van der Waals surface area contributed by atoms with Gasteiger partial charge >= 0.3 is 0 Å². The summed E-state index contributed by atoms with van der Waals surface area (Å²) in [6, 6.07) is 9.49. The van der Waals surface area contributed by atoms with E-state index in [0.29, 0.717) is 11.3 Å². The number of unbranched alkanes of at least 4 members (excludes halogenated alkanes) is 3. The molecule has 0 bridgehead atoms. The number of ether oxygens (including phenoxy) is 1. The van der Waals surface area contributed by atoms with E-state index in [1.54, 1.807) is 18.5 Å². The molecule has 0 unspecified atom stereocenters. The third-order valence-electron chi connectivity index (χ3n) is 4.76. The Bertz CT molecular complexity index is 854. The van der Waals surface area contributed by atoms with Crippen LogP contribution in [0.15, 0.2) is 48.1 Å². The van der Waals surface area contributed by atoms with Crippen LogP contribution in [0, 0.1) is 11.3 Å². The SMILES string of the molecule is CCCCCCc1cc2c(cc1O)OC(N)=C(C#N)[C@H]2c1ccncc1. The Kier molecular flexibility index (Phi) is 5.43. The molecule has 0 fully saturated rings. The molecule has 1 aromatic heterocycles. The highest BCUT2D eigenvalue weighted by atomic mass is 16.5. The second kappa shape index (κ2) is 7.92. The van der Waals surface area contributed by atoms with Crippen LogP contribution in [-0.4, -0.2) is 10.1 Å². The van der Waals surface area contributed by atoms with Crippen LogP contribution < -0.4 is 10.5 Å². The lowest BCUT2D eigenvalue weighted by Crippen LogP contribution is -2.21. The smallest absolute Gasteiger partial charge is 0.205 e. The molecule has 1 atom stereocenters. The molecule has 0 radical (unpaired) electrons. The van der Waals surface area contributed by atoms with Gasteiger partial charge in [0.1, 0.15) is 23.1 Å². The van der Waals surface area contributed by atoms with Crippen molar-refractivity contribution in [1.29, 1.82) is 5.26 Å². The number of fused-ring (bicyclic) bond motifs is 1. The summed E-state index contributed by atoms with van der Waals surface area (Å²) in [7, 11) is 0. The lowest BCUT2D eigenvalue weighted by atomic mass is 9.83. The van der Waals surface area contributed by atoms with E-state index < -0.39 is 0 Å². The third kappa shape index (κ3) is 3.50. The zero-order chi connectivity index (χ0) is 18.5. The first-order chi connectivity index (χ1) is 12.7. The fourth-order valence-corrected chi connectivity index (χ4v) is 3.38. The van der Waals surface area contributed by atoms with E-state index in [1.807, 2.05) is 18.2 Å². The number of rotatable bonds is 6. The maximum absolute atomic E-state index is 10.4. The van der Waals surface area contributed by atoms with Gasteiger partial charge in [-0.1, -0.05) is 26.2 Å². The minimum atomic E-state index is -0.318. The zero-order valence-electron chi connectivity index (χ0n) is 14.9. The van der Waals surface area contributed by atoms with E-state index in [4.69, 9.17) is 10.5 Å². The van der Waals surface area contributed by atoms with Gasteiger partial charge in [0.05, 0.1) is 5.92 Å². The van der Waals surface area contributed by atoms with Gasteiger partial charge in [0.25, 0.3) is 0 Å². The monoisotopic (exact) mass is 349 g/mol. The molecule has 0 amide bonds. The van der Waals surface area contributed by atoms with E-state index in [0.717, 1.165) is 36.0 Å². The van der Waals surface area contributed by atoms with Gasteiger partial charge in [-0.25, -0.2) is 0 Å². The van der Waals surface area contributed by atoms with Crippen molar-refractivity contribution < 1.29 is 9.84 Å². The van der Waals surface area contributed by atoms with Crippen molar-refractivity contribution in [3.63, 3.8) is 0 Å². The molecule has 0 saturated heterocycles. The molecular weight excluding hydrogens is 326 g/mol. The van der Waals surface area contributed by atoms with Crippen molar-refractivity contribution in [2.75, 3.05) is 0 Å². The predicted molar refractivity (Wildman–Crippen MR) is 99.5 cm³/mol. The van der Waals surface area contributed by atoms with Crippen LogP contribution in [0.25, 0.3) is 0 Å². The number of aromatic nitrogens is 1. The van der Waals surface area contributed by atoms with Gasteiger partial charge in [0, 0.05) is 24.0 Å². The average molecular weight is 349 g/mol. The Morgan fingerprint density at radius 1 is 1.23 bits per heavy atom. The average Bonchev–Trinajstić information content (AvgIpc) is 2.65. The number of aromatic hydroxyl groups is 1. The number of nitrogens with two attached hydrogens (primary N) is 1. The maximum Gasteiger partial charge on any atom is 0.205 e. The number of aryl methyl sites for hydroxylation is 1. The molecule has 2 aromatic rings. The summed E-state index contributed by atoms with van der Waals surface area (Å²) in [6.07, 6.45) is 8.69. The Hall–Kier alpha value is -3.00. The molecule has 26 heavy (non-hydrogen) atoms. The number of hydrogen-bond donors (Lipinski definition) is 2. The summed E-state index contributed by atoms with van der Waals surface area (Å²) in [5.74, 6) is 0.471. The second-order valence-corrected chi connectivity index (χ2v) is 6.53. The first-order valence-electron chi connectivity index (χ1n) is 8.99. The number of phenolic OH excluding ortho intramolecular Hbond substituents is 1. The number of pyridine rings is 1. The van der Waals surface area contributed by atoms with Crippen molar-refractivity contribution in [2.45, 2.75) is 44.9 Å². The van der Waals surface area contributed by atoms with E-state index in [1.165, 1.54) is 12.8 Å². The molecule has 1 aliphatic heterocycles. The molecule has 0 saturated carbocycles. The molecule has 1 aromatic carbocycles. The topological polar surface area (TPSA) is 92.2 Å². The molecule has 134 valence electrons. The zero-order valence-corrected chi connectivity index (χ0v) is 14.9. The molecule has 5 heteroatoms. The van der Waals surface area contributed by atoms with Crippen molar-refractivity contribution >= 4 is 0 Å². The van der Waals surface area contributed by atoms with Crippen LogP contribution in [0.4, 0.5) is 0 Å². The van der Waals surface area contributed by atoms with Crippen LogP contribution in [0.3, 0.4) is 0 Å². The van der Waals surface area contributed by atoms with E-state index >= 15 is 0 Å². The molecule has 5 nitrogen and oxygen atoms in total. The van der Waals surface area contributed by atoms with Gasteiger partial charge in [0.2, 0.25) is 5.88 Å². The highest BCUT2D eigenvalue weighted by Gasteiger charge is 2.31. The predicted octanol–water partition coefficient (Wildman–Crippen LogP) is 4.13. The number of allylic oxidation sites excluding steroid dienone is 1. The Labute approximate surface area is 153 Å². The van der Waals surface area contributed by atoms with Gasteiger partial charge in [-0.2, -0.15) is 5.26 Å². The number of nitriles is 1. The third-order valence-corrected chi connectivity index (χ3v) is 4.76. The van der Waals surface area contributed by atoms with Crippen LogP contribution in [0.1, 0.15) is 55.2 Å². The summed E-state index contributed by atoms with van der Waals surface area (Å²) < 4.78 is 5.63. The molecule has 3 N–H and O–H groups in total. The minimum Gasteiger partial charge on any atom is -0.508 e. The molecule has 1 aliphatic rings. The highest BCUT2D eigenvalue weighted by molar-refractivity contribution is 5.58. The second-order valence-electron chi connectivity index (χ2n) is 6.53. The fourth-order valence-electron chi connectivity index (χ4n) is 3.38. The van der Waals surface area contributed by atoms with Crippen molar-refractivity contribution in [3.05, 3.63) is 64.8 Å². The normalized spacial score (nSPS) is 15.9. The van der Waals surface area contributed by atoms with Crippen LogP contribution in [0.2, 0.25) is 0 Å². The van der Waals surface area contributed by atoms with E-state index in [9.17, 15) is 10.4 Å². The van der Waals surface area contributed by atoms with Gasteiger partial charge in [0.15, 0.2) is 0 Å². The lowest BCUT2D eigenvalue weighted by Gasteiger charge is -2.27. The molecule has 3 rings (SSSR count). The van der Waals surface area contributed by atoms with Gasteiger partial charge in [-0.05, 0) is 42.2 Å². The van der Waals surface area contributed by atoms with Crippen molar-refractivity contribution in [3.8, 4) is 17.6 Å². The summed E-state index contributed by atoms with van der Waals surface area (Å²) in [6.45, 7) is 2.17. The van der Waals surface area contributed by atoms with Gasteiger partial charge in [-0.15, -0.1) is 0 Å². The molecular formula is C21H23N3O2. The Balaban J connectivity index is 2.02. The van der Waals surface area contributed by atoms with Crippen molar-refractivity contribution in [1.82, 2.24) is 4.98 Å². The largest absolute Gasteiger partial charge is 0.508 e. The number of benzene rings is 1. The van der Waals surface area contributed by atoms with E-state index in [-0.39, 0.29) is 17.6 Å². The summed E-state index contributed by atoms with van der Waals surface area (Å²) in [4.78, 5) is 4.05. The summed E-state index contributed by atoms with van der Waals surface area (Å²) >= 11 is 0. The van der Waals surface area contributed by atoms with E-state index in [2.05, 4.69) is 18.0 Å². The quantitative estimate of drug-likeness (QED) is 0.765. The molecule has 0 aliphatic carbocycles. The van der Waals surface area contributed by atoms with Crippen LogP contribution >= 0.6 is 0 Å². The Morgan fingerprint density at radius 3 is 2.69 bits per heavy atom. The first kappa shape index (κ1) is 17.8. The fraction of sp³-hybridized carbons (Fsp3) is 0.333. The standard InChI is InChI=1S/C21H23N3O2/c1-2-3-4-5-6-15-11-16-19(12-18(15)25)26-21(23)17(13-22)20(16)14-7-9-24-10-8-14/h7-12,20,25H,2-6,23H2,1H3/t20-/m0/s1. The number of phenols is 1. The highest BCUT2D eigenvalue weighted by Crippen LogP contribution is 2.44. The van der Waals surface area contributed by atoms with Gasteiger partial charge in [-0.3, -0.25) is 4.98 Å². The first-order valence-corrected chi connectivity index (χ1v) is 8.99. The molecule has 2 heterocycles. The number of nitrogens with zero attached hydrogens (tertiary/aromatic N) is 2. The maximum atomic E-state index is 10.4. The summed E-state index contributed by atoms with van der Waals surface area (Å²) in [5.41, 5.74) is 9.00. The van der Waals surface area contributed by atoms with Crippen molar-refractivity contribution in [2.24, 2.45) is 5.73 Å².